The third kappa shape index (κ3) is 16.2. The van der Waals surface area contributed by atoms with Gasteiger partial charge in [-0.1, -0.05) is 76.3 Å². The van der Waals surface area contributed by atoms with E-state index in [0.29, 0.717) is 23.3 Å². The van der Waals surface area contributed by atoms with Crippen molar-refractivity contribution in [2.75, 3.05) is 12.4 Å². The molecule has 7 amide bonds. The number of carboxylic acids is 1. The lowest BCUT2D eigenvalue weighted by Crippen LogP contribution is -2.59. The van der Waals surface area contributed by atoms with Crippen LogP contribution in [0, 0.1) is 11.8 Å². The summed E-state index contributed by atoms with van der Waals surface area (Å²) in [5.41, 5.74) is 6.43. The molecule has 17 heteroatoms. The number of benzene rings is 2. The molecular formula is C41H57N7O10. The molecule has 9 N–H and O–H groups in total. The molecule has 3 rings (SSSR count). The minimum atomic E-state index is -1.46. The van der Waals surface area contributed by atoms with E-state index in [1.54, 1.807) is 54.6 Å². The second-order valence-electron chi connectivity index (χ2n) is 14.9. The fraction of sp³-hybridized carbons (Fsp3) is 0.512. The van der Waals surface area contributed by atoms with E-state index in [-0.39, 0.29) is 43.9 Å². The number of urea groups is 1. The Kier molecular flexibility index (Phi) is 19.1. The van der Waals surface area contributed by atoms with Crippen molar-refractivity contribution in [3.63, 3.8) is 0 Å². The summed E-state index contributed by atoms with van der Waals surface area (Å²) < 4.78 is 5.13. The molecule has 0 spiro atoms. The number of nitrogens with two attached hydrogens (primary N) is 1. The minimum Gasteiger partial charge on any atom is -0.497 e. The van der Waals surface area contributed by atoms with E-state index in [1.165, 1.54) is 7.11 Å². The first-order chi connectivity index (χ1) is 27.7. The summed E-state index contributed by atoms with van der Waals surface area (Å²) in [5, 5.41) is 25.4. The average Bonchev–Trinajstić information content (AvgIpc) is 3.19. The molecule has 0 aliphatic heterocycles. The molecule has 5 atom stereocenters. The predicted molar refractivity (Wildman–Crippen MR) is 214 cm³/mol. The maximum Gasteiger partial charge on any atom is 0.326 e. The van der Waals surface area contributed by atoms with Crippen LogP contribution in [0.4, 0.5) is 10.5 Å². The molecule has 1 saturated carbocycles. The molecule has 0 unspecified atom stereocenters. The third-order valence-corrected chi connectivity index (χ3v) is 9.78. The summed E-state index contributed by atoms with van der Waals surface area (Å²) in [6.45, 7) is 3.62. The fourth-order valence-corrected chi connectivity index (χ4v) is 6.71. The molecule has 17 nitrogen and oxygen atoms in total. The van der Waals surface area contributed by atoms with Crippen molar-refractivity contribution in [2.24, 2.45) is 17.6 Å². The SMILES string of the molecule is COc1ccc(NC(=O)N[C@@H](CCC(N)=O)C(=O)N[C@@H](CC2CCCCC2)C(=O)N[C@@H](CC=O)C(=O)N[C@@H](CC(C)C)C(=O)N[C@@H](Cc2ccccc2)C(=O)O)cc1. The number of aldehydes is 1. The van der Waals surface area contributed by atoms with Gasteiger partial charge < -0.3 is 52.3 Å². The van der Waals surface area contributed by atoms with Gasteiger partial charge >= 0.3 is 12.0 Å². The molecule has 2 aromatic carbocycles. The highest BCUT2D eigenvalue weighted by atomic mass is 16.5. The van der Waals surface area contributed by atoms with Crippen LogP contribution in [-0.4, -0.2) is 90.2 Å². The Morgan fingerprint density at radius 3 is 1.91 bits per heavy atom. The van der Waals surface area contributed by atoms with Crippen LogP contribution in [0.1, 0.15) is 83.6 Å². The quantitative estimate of drug-likeness (QED) is 0.0760. The third-order valence-electron chi connectivity index (χ3n) is 9.78. The number of methoxy groups -OCH3 is 1. The number of primary amides is 1. The largest absolute Gasteiger partial charge is 0.497 e. The number of anilines is 1. The Balaban J connectivity index is 1.79. The zero-order valence-electron chi connectivity index (χ0n) is 33.3. The summed E-state index contributed by atoms with van der Waals surface area (Å²) in [6, 6.07) is 7.89. The van der Waals surface area contributed by atoms with Gasteiger partial charge in [0.1, 0.15) is 42.2 Å². The highest BCUT2D eigenvalue weighted by Gasteiger charge is 2.34. The molecule has 0 heterocycles. The lowest BCUT2D eigenvalue weighted by molar-refractivity contribution is -0.142. The number of hydrogen-bond donors (Lipinski definition) is 8. The van der Waals surface area contributed by atoms with Gasteiger partial charge in [0.2, 0.25) is 29.5 Å². The topological polar surface area (TPSA) is 264 Å². The second kappa shape index (κ2) is 23.9. The first kappa shape index (κ1) is 46.4. The first-order valence-electron chi connectivity index (χ1n) is 19.6. The van der Waals surface area contributed by atoms with Crippen LogP contribution in [0.15, 0.2) is 54.6 Å². The normalized spacial score (nSPS) is 15.3. The summed E-state index contributed by atoms with van der Waals surface area (Å²) in [6.07, 6.45) is 4.26. The Bertz CT molecular complexity index is 1700. The Morgan fingerprint density at radius 2 is 1.33 bits per heavy atom. The highest BCUT2D eigenvalue weighted by Crippen LogP contribution is 2.27. The van der Waals surface area contributed by atoms with Crippen molar-refractivity contribution in [1.82, 2.24) is 26.6 Å². The summed E-state index contributed by atoms with van der Waals surface area (Å²) >= 11 is 0. The second-order valence-corrected chi connectivity index (χ2v) is 14.9. The van der Waals surface area contributed by atoms with Gasteiger partial charge in [-0.15, -0.1) is 0 Å². The van der Waals surface area contributed by atoms with Gasteiger partial charge in [-0.05, 0) is 60.9 Å². The van der Waals surface area contributed by atoms with E-state index in [9.17, 15) is 43.5 Å². The number of nitrogens with one attached hydrogen (secondary N) is 6. The molecule has 316 valence electrons. The van der Waals surface area contributed by atoms with Gasteiger partial charge in [-0.3, -0.25) is 24.0 Å². The smallest absolute Gasteiger partial charge is 0.326 e. The molecule has 0 radical (unpaired) electrons. The van der Waals surface area contributed by atoms with Crippen molar-refractivity contribution < 1.29 is 48.2 Å². The molecule has 0 saturated heterocycles. The van der Waals surface area contributed by atoms with E-state index >= 15 is 0 Å². The molecule has 58 heavy (non-hydrogen) atoms. The maximum absolute atomic E-state index is 14.0. The monoisotopic (exact) mass is 807 g/mol. The van der Waals surface area contributed by atoms with Crippen molar-refractivity contribution in [1.29, 1.82) is 0 Å². The van der Waals surface area contributed by atoms with E-state index in [4.69, 9.17) is 10.5 Å². The Morgan fingerprint density at radius 1 is 0.759 bits per heavy atom. The highest BCUT2D eigenvalue weighted by molar-refractivity contribution is 5.98. The lowest BCUT2D eigenvalue weighted by atomic mass is 9.84. The molecule has 0 bridgehead atoms. The van der Waals surface area contributed by atoms with Crippen LogP contribution in [0.2, 0.25) is 0 Å². The van der Waals surface area contributed by atoms with Crippen molar-refractivity contribution in [3.8, 4) is 5.75 Å². The average molecular weight is 808 g/mol. The molecule has 1 aliphatic rings. The van der Waals surface area contributed by atoms with Crippen molar-refractivity contribution >= 4 is 53.5 Å². The zero-order valence-corrected chi connectivity index (χ0v) is 33.3. The standard InChI is InChI=1S/C41H57N7O10/c1-25(2)22-32(38(53)47-34(40(55)56)24-27-12-8-5-9-13-27)45-37(52)31(20-21-49)44-39(54)33(23-26-10-6-4-7-11-26)46-36(51)30(18-19-35(42)50)48-41(57)43-28-14-16-29(58-3)17-15-28/h5,8-9,12-17,21,25-26,30-34H,4,6-7,10-11,18-20,22-24H2,1-3H3,(H2,42,50)(H,44,54)(H,45,52)(H,46,51)(H,47,53)(H,55,56)(H2,43,48,57)/t30-,31-,32-,33-,34-/m0/s1. The van der Waals surface area contributed by atoms with Crippen LogP contribution >= 0.6 is 0 Å². The zero-order chi connectivity index (χ0) is 42.6. The maximum atomic E-state index is 14.0. The summed E-state index contributed by atoms with van der Waals surface area (Å²) in [4.78, 5) is 104. The predicted octanol–water partition coefficient (Wildman–Crippen LogP) is 2.32. The number of ether oxygens (including phenoxy) is 1. The van der Waals surface area contributed by atoms with E-state index < -0.39 is 78.2 Å². The fourth-order valence-electron chi connectivity index (χ4n) is 6.71. The van der Waals surface area contributed by atoms with Crippen LogP contribution in [0.25, 0.3) is 0 Å². The van der Waals surface area contributed by atoms with Crippen LogP contribution in [0.5, 0.6) is 5.75 Å². The van der Waals surface area contributed by atoms with Gasteiger partial charge in [0.25, 0.3) is 0 Å². The van der Waals surface area contributed by atoms with E-state index in [2.05, 4.69) is 31.9 Å². The number of amides is 7. The molecule has 1 fully saturated rings. The number of carboxylic acid groups (broad SMARTS) is 1. The lowest BCUT2D eigenvalue weighted by Gasteiger charge is -2.29. The van der Waals surface area contributed by atoms with Crippen molar-refractivity contribution in [2.45, 2.75) is 115 Å². The van der Waals surface area contributed by atoms with Crippen molar-refractivity contribution in [3.05, 3.63) is 60.2 Å². The molecule has 2 aromatic rings. The first-order valence-corrected chi connectivity index (χ1v) is 19.6. The number of aliphatic carboxylic acids is 1. The number of carbonyl (C=O) groups excluding carboxylic acids is 7. The van der Waals surface area contributed by atoms with Gasteiger partial charge in [0.05, 0.1) is 7.11 Å². The van der Waals surface area contributed by atoms with E-state index in [1.807, 2.05) is 13.8 Å². The Labute approximate surface area is 338 Å². The van der Waals surface area contributed by atoms with Gasteiger partial charge in [-0.25, -0.2) is 9.59 Å². The number of rotatable bonds is 23. The molecule has 0 aromatic heterocycles. The van der Waals surface area contributed by atoms with Crippen LogP contribution < -0.4 is 42.4 Å². The van der Waals surface area contributed by atoms with Gasteiger partial charge in [-0.2, -0.15) is 0 Å². The summed E-state index contributed by atoms with van der Waals surface area (Å²) in [7, 11) is 1.49. The van der Waals surface area contributed by atoms with Crippen LogP contribution in [-0.2, 0) is 40.0 Å². The molecule has 1 aliphatic carbocycles. The number of hydrogen-bond acceptors (Lipinski definition) is 9. The minimum absolute atomic E-state index is 0.00552. The summed E-state index contributed by atoms with van der Waals surface area (Å²) in [5.74, 6) is -4.70. The Hall–Kier alpha value is -6.00. The molecular weight excluding hydrogens is 750 g/mol. The van der Waals surface area contributed by atoms with Gasteiger partial charge in [0.15, 0.2) is 0 Å². The van der Waals surface area contributed by atoms with Gasteiger partial charge in [0, 0.05) is 24.9 Å². The van der Waals surface area contributed by atoms with Crippen LogP contribution in [0.3, 0.4) is 0 Å². The van der Waals surface area contributed by atoms with E-state index in [0.717, 1.165) is 32.1 Å². The number of carbonyl (C=O) groups is 8.